The van der Waals surface area contributed by atoms with Crippen molar-refractivity contribution >= 4 is 61.7 Å². The molecule has 7 heteroatoms. The quantitative estimate of drug-likeness (QED) is 0.0592. The number of para-hydroxylation sites is 1. The van der Waals surface area contributed by atoms with Crippen LogP contribution in [0.2, 0.25) is 0 Å². The van der Waals surface area contributed by atoms with Gasteiger partial charge in [0, 0.05) is 52.5 Å². The molecule has 16 rings (SSSR count). The van der Waals surface area contributed by atoms with E-state index in [9.17, 15) is 30.2 Å². The first-order valence-corrected chi connectivity index (χ1v) is 32.5. The number of aryl methyl sites for hydroxylation is 2. The van der Waals surface area contributed by atoms with Crippen molar-refractivity contribution < 1.29 is 64.6 Å². The Morgan fingerprint density at radius 1 is 0.484 bits per heavy atom. The predicted octanol–water partition coefficient (Wildman–Crippen LogP) is 18.8. The van der Waals surface area contributed by atoms with E-state index in [1.807, 2.05) is 104 Å². The monoisotopic (exact) mass is 1450 g/mol. The Hall–Kier alpha value is -10.2. The van der Waals surface area contributed by atoms with Crippen LogP contribution in [-0.4, -0.2) is 22.2 Å². The van der Waals surface area contributed by atoms with Crippen molar-refractivity contribution in [3.8, 4) is 84.3 Å². The normalized spacial score (nSPS) is 16.1. The fourth-order valence-corrected chi connectivity index (χ4v) is 16.6. The number of hydrogen-bond acceptors (Lipinski definition) is 2. The topological polar surface area (TPSA) is 35.9 Å². The third-order valence-electron chi connectivity index (χ3n) is 17.5. The van der Waals surface area contributed by atoms with E-state index < -0.39 is 168 Å². The Labute approximate surface area is 607 Å². The molecular weight excluding hydrogens is 1350 g/mol. The minimum atomic E-state index is -6.40. The fraction of sp³-hybridized carbons (Fsp3) is 0.114. The van der Waals surface area contributed by atoms with Crippen LogP contribution in [0.25, 0.3) is 106 Å². The first kappa shape index (κ1) is 38.8. The third-order valence-corrected chi connectivity index (χ3v) is 21.5. The van der Waals surface area contributed by atoms with E-state index in [1.165, 1.54) is 24.3 Å². The molecule has 464 valence electrons. The molecule has 0 aliphatic carbocycles. The van der Waals surface area contributed by atoms with Crippen molar-refractivity contribution in [1.82, 2.24) is 14.1 Å². The van der Waals surface area contributed by atoms with E-state index in [2.05, 4.69) is 39.2 Å². The number of ether oxygens (including phenoxy) is 1. The molecule has 4 heterocycles. The molecule has 95 heavy (non-hydrogen) atoms. The number of benzene rings is 12. The second-order valence-corrected chi connectivity index (χ2v) is 28.7. The molecule has 1 aliphatic rings. The first-order valence-electron chi connectivity index (χ1n) is 43.0. The molecule has 0 atom stereocenters. The van der Waals surface area contributed by atoms with Gasteiger partial charge in [-0.15, -0.1) is 29.7 Å². The van der Waals surface area contributed by atoms with Gasteiger partial charge in [0.1, 0.15) is 5.82 Å². The largest absolute Gasteiger partial charge is 0.510 e. The number of pyridine rings is 1. The maximum Gasteiger partial charge on any atom is 0.268 e. The Kier molecular flexibility index (Phi) is 9.79. The zero-order valence-corrected chi connectivity index (χ0v) is 55.4. The number of aromatic nitrogens is 4. The number of imidazole rings is 1. The summed E-state index contributed by atoms with van der Waals surface area (Å²) in [7, 11) is -6.40. The van der Waals surface area contributed by atoms with E-state index in [1.54, 1.807) is 69.9 Å². The van der Waals surface area contributed by atoms with Crippen LogP contribution < -0.4 is 30.1 Å². The Balaban J connectivity index is 0.0000112. The molecule has 0 saturated carbocycles. The van der Waals surface area contributed by atoms with Crippen molar-refractivity contribution in [2.75, 3.05) is 0 Å². The Morgan fingerprint density at radius 2 is 1.06 bits per heavy atom. The summed E-state index contributed by atoms with van der Waals surface area (Å²) in [6.45, 7) is 6.33. The SMILES string of the molecule is [2H]c1c([2H])c([2H])c([Si](c2c([2H])c([2H])c([2H])c([2H])c2[2H])(c2c([2H])c([2H])c([2H])c([2H])c2[2H])c2c([2H])c([2H])c([2H])c(-c3cc4c5c(c3)n(-c3[c-]c(Oc6[c-]c7c(cc6)c6ccccc6n7-c6cc(C(C)(C)C)ccn6)ccc3)[c-][n+]5-c3c(cc(C(C)(C)C)cc3-c3c(C([2H])([2H])[2H])cccc3C([2H])([2H])[2H])-c3ccccc3-c3ccccc3-4)c2[2H])c([2H])c1[2H].[Pt]. The van der Waals surface area contributed by atoms with Crippen molar-refractivity contribution in [3.05, 3.63) is 319 Å². The summed E-state index contributed by atoms with van der Waals surface area (Å²) < 4.78 is 251. The molecule has 0 N–H and O–H groups in total. The minimum Gasteiger partial charge on any atom is -0.510 e. The second-order valence-electron chi connectivity index (χ2n) is 25.2. The van der Waals surface area contributed by atoms with E-state index in [0.29, 0.717) is 44.7 Å². The van der Waals surface area contributed by atoms with Crippen LogP contribution in [0, 0.1) is 32.2 Å². The van der Waals surface area contributed by atoms with E-state index >= 15 is 0 Å². The van der Waals surface area contributed by atoms with Crippen molar-refractivity contribution in [2.45, 2.75) is 66.1 Å². The van der Waals surface area contributed by atoms with Crippen molar-refractivity contribution in [1.29, 1.82) is 0 Å². The summed E-state index contributed by atoms with van der Waals surface area (Å²) in [6.07, 6.45) is 5.41. The molecule has 0 saturated heterocycles. The van der Waals surface area contributed by atoms with Crippen LogP contribution in [0.1, 0.15) is 98.1 Å². The zero-order chi connectivity index (χ0) is 85.6. The van der Waals surface area contributed by atoms with Gasteiger partial charge in [-0.3, -0.25) is 4.57 Å². The molecule has 15 aromatic rings. The third kappa shape index (κ3) is 10.4. The summed E-state index contributed by atoms with van der Waals surface area (Å²) in [6, 6.07) is 32.2. The van der Waals surface area contributed by atoms with Crippen molar-refractivity contribution in [3.63, 3.8) is 0 Å². The summed E-state index contributed by atoms with van der Waals surface area (Å²) in [5, 5.41) is -2.29. The van der Waals surface area contributed by atoms with Crippen LogP contribution in [-0.2, 0) is 31.9 Å². The molecule has 12 aromatic carbocycles. The minimum absolute atomic E-state index is 0. The molecule has 3 aromatic heterocycles. The molecule has 0 fully saturated rings. The summed E-state index contributed by atoms with van der Waals surface area (Å²) in [5.41, 5.74) is 4.31. The van der Waals surface area contributed by atoms with E-state index in [4.69, 9.17) is 13.8 Å². The Bertz CT molecular complexity index is 6630. The molecule has 0 radical (unpaired) electrons. The van der Waals surface area contributed by atoms with Crippen molar-refractivity contribution in [2.24, 2.45) is 0 Å². The van der Waals surface area contributed by atoms with Crippen LogP contribution >= 0.6 is 0 Å². The first-order chi connectivity index (χ1) is 56.0. The van der Waals surface area contributed by atoms with Gasteiger partial charge in [-0.05, 0) is 159 Å². The number of rotatable bonds is 10. The maximum absolute atomic E-state index is 11.1. The van der Waals surface area contributed by atoms with Crippen LogP contribution in [0.4, 0.5) is 0 Å². The average Bonchev–Trinajstić information content (AvgIpc) is 0.876. The molecule has 1 aliphatic heterocycles. The van der Waals surface area contributed by atoms with Gasteiger partial charge in [0.05, 0.1) is 42.8 Å². The van der Waals surface area contributed by atoms with Gasteiger partial charge in [0.15, 0.2) is 8.07 Å². The van der Waals surface area contributed by atoms with Gasteiger partial charge in [-0.2, -0.15) is 18.2 Å². The number of hydrogen-bond donors (Lipinski definition) is 0. The van der Waals surface area contributed by atoms with Gasteiger partial charge in [-0.25, -0.2) is 4.98 Å². The van der Waals surface area contributed by atoms with Gasteiger partial charge in [-0.1, -0.05) is 265 Å². The summed E-state index contributed by atoms with van der Waals surface area (Å²) >= 11 is 0. The van der Waals surface area contributed by atoms with Gasteiger partial charge in [0.25, 0.3) is 6.33 Å². The fourth-order valence-electron chi connectivity index (χ4n) is 13.0. The summed E-state index contributed by atoms with van der Waals surface area (Å²) in [5.74, 6) is 0.990. The Morgan fingerprint density at radius 3 is 1.71 bits per heavy atom. The maximum atomic E-state index is 11.1. The number of fused-ring (bicyclic) bond motifs is 10. The zero-order valence-electron chi connectivity index (χ0n) is 77.1. The average molecular weight is 1450 g/mol. The second kappa shape index (κ2) is 24.0. The molecule has 0 spiro atoms. The molecule has 5 nitrogen and oxygen atoms in total. The number of nitrogens with zero attached hydrogens (tertiary/aromatic N) is 4. The van der Waals surface area contributed by atoms with E-state index in [0.717, 1.165) is 21.9 Å². The van der Waals surface area contributed by atoms with Gasteiger partial charge >= 0.3 is 0 Å². The summed E-state index contributed by atoms with van der Waals surface area (Å²) in [4.78, 5) is 4.87. The van der Waals surface area contributed by atoms with Crippen LogP contribution in [0.3, 0.4) is 0 Å². The van der Waals surface area contributed by atoms with E-state index in [-0.39, 0.29) is 93.8 Å². The molecule has 0 amide bonds. The van der Waals surface area contributed by atoms with Crippen LogP contribution in [0.15, 0.2) is 279 Å². The standard InChI is InChI=1S/C88H70N4OSi.Pt/c1-58-27-24-28-59(2)84(58)79-53-63(88(6,7)8)52-78-74-42-21-19-40-72(74)71-39-18-20-41-73(71)77-50-61(60-29-25-38-70(49-60)94(67-32-12-9-13-33-67,68-34-14-10-15-35-68)69-36-16-11-17-37-69)51-82-86(77)91(85(78)79)57-90(82)64-30-26-31-65(55-64)93-66-45-46-76-75-43-22-23-44-80(75)92(81(76)56-66)83-54-62(47-48-89-83)87(3,4)5;/h9-54H,1-8H3;/q-2;/i1D3,2D3,9D,10D,11D,12D,13D,14D,15D,16D,17D,25D,29D,32D,33D,34D,35D,36D,37D,38D,49D;. The molecular formula is C88H70N4OPtSi-2. The molecule has 0 unspecified atom stereocenters. The van der Waals surface area contributed by atoms with Gasteiger partial charge in [0.2, 0.25) is 0 Å². The predicted molar refractivity (Wildman–Crippen MR) is 391 cm³/mol. The molecule has 0 bridgehead atoms. The van der Waals surface area contributed by atoms with Crippen LogP contribution in [0.5, 0.6) is 11.5 Å². The smallest absolute Gasteiger partial charge is 0.268 e. The van der Waals surface area contributed by atoms with Gasteiger partial charge < -0.3 is 13.9 Å².